The zero-order valence-electron chi connectivity index (χ0n) is 24.4. The van der Waals surface area contributed by atoms with Crippen LogP contribution in [0.2, 0.25) is 0 Å². The summed E-state index contributed by atoms with van der Waals surface area (Å²) in [4.78, 5) is 71.6. The summed E-state index contributed by atoms with van der Waals surface area (Å²) in [7, 11) is 1.81. The third-order valence-electron chi connectivity index (χ3n) is 7.55. The van der Waals surface area contributed by atoms with Crippen LogP contribution in [-0.4, -0.2) is 81.3 Å². The molecule has 2 aromatic rings. The molecule has 0 saturated carbocycles. The van der Waals surface area contributed by atoms with Gasteiger partial charge in [-0.1, -0.05) is 26.0 Å². The number of ether oxygens (including phenoxy) is 1. The first kappa shape index (κ1) is 30.5. The predicted octanol–water partition coefficient (Wildman–Crippen LogP) is -0.207. The van der Waals surface area contributed by atoms with Crippen molar-refractivity contribution in [1.82, 2.24) is 35.7 Å². The molecule has 1 fully saturated rings. The fourth-order valence-electron chi connectivity index (χ4n) is 5.05. The average Bonchev–Trinajstić information content (AvgIpc) is 3.62. The van der Waals surface area contributed by atoms with Crippen LogP contribution in [0.4, 0.5) is 0 Å². The molecule has 1 aromatic heterocycles. The molecule has 13 nitrogen and oxygen atoms in total. The van der Waals surface area contributed by atoms with Crippen molar-refractivity contribution in [3.8, 4) is 5.75 Å². The topological polar surface area (TPSA) is 164 Å². The van der Waals surface area contributed by atoms with Crippen LogP contribution in [0.1, 0.15) is 45.0 Å². The second-order valence-electron chi connectivity index (χ2n) is 11.1. The summed E-state index contributed by atoms with van der Waals surface area (Å²) in [6, 6.07) is 3.28. The zero-order valence-corrected chi connectivity index (χ0v) is 24.4. The number of carbonyl (C=O) groups is 5. The van der Waals surface area contributed by atoms with E-state index in [1.54, 1.807) is 41.2 Å². The highest BCUT2D eigenvalue weighted by atomic mass is 16.5. The van der Waals surface area contributed by atoms with E-state index in [2.05, 4.69) is 26.3 Å². The molecule has 2 bridgehead atoms. The molecule has 0 radical (unpaired) electrons. The van der Waals surface area contributed by atoms with E-state index in [-0.39, 0.29) is 31.4 Å². The molecule has 0 spiro atoms. The predicted molar refractivity (Wildman–Crippen MR) is 152 cm³/mol. The van der Waals surface area contributed by atoms with Gasteiger partial charge in [-0.25, -0.2) is 4.98 Å². The maximum atomic E-state index is 13.5. The second-order valence-corrected chi connectivity index (χ2v) is 11.1. The summed E-state index contributed by atoms with van der Waals surface area (Å²) < 4.78 is 7.42. The van der Waals surface area contributed by atoms with E-state index in [0.29, 0.717) is 31.0 Å². The molecule has 226 valence electrons. The van der Waals surface area contributed by atoms with E-state index in [4.69, 9.17) is 4.74 Å². The minimum absolute atomic E-state index is 0.165. The molecule has 5 rings (SSSR count). The lowest BCUT2D eigenvalue weighted by Crippen LogP contribution is -2.58. The van der Waals surface area contributed by atoms with Crippen LogP contribution in [0.15, 0.2) is 36.7 Å². The van der Waals surface area contributed by atoms with Crippen LogP contribution in [0.5, 0.6) is 5.75 Å². The molecule has 4 heterocycles. The van der Waals surface area contributed by atoms with Gasteiger partial charge in [0.1, 0.15) is 35.7 Å². The Morgan fingerprint density at radius 1 is 1.10 bits per heavy atom. The minimum Gasteiger partial charge on any atom is -0.484 e. The Morgan fingerprint density at radius 3 is 2.50 bits per heavy atom. The zero-order chi connectivity index (χ0) is 30.4. The van der Waals surface area contributed by atoms with Gasteiger partial charge < -0.3 is 35.5 Å². The second kappa shape index (κ2) is 13.5. The lowest BCUT2D eigenvalue weighted by molar-refractivity contribution is -0.143. The first-order chi connectivity index (χ1) is 20.0. The number of hydrogen-bond acceptors (Lipinski definition) is 7. The summed E-state index contributed by atoms with van der Waals surface area (Å²) in [5.74, 6) is -1.40. The molecule has 1 aromatic carbocycles. The quantitative estimate of drug-likeness (QED) is 0.388. The highest BCUT2D eigenvalue weighted by Gasteiger charge is 2.39. The number of benzene rings is 1. The van der Waals surface area contributed by atoms with Crippen molar-refractivity contribution in [3.05, 3.63) is 48.0 Å². The van der Waals surface area contributed by atoms with Gasteiger partial charge in [-0.2, -0.15) is 0 Å². The fraction of sp³-hybridized carbons (Fsp3) is 0.517. The molecule has 0 unspecified atom stereocenters. The van der Waals surface area contributed by atoms with Crippen LogP contribution in [-0.2, 0) is 44.0 Å². The monoisotopic (exact) mass is 581 g/mol. The summed E-state index contributed by atoms with van der Waals surface area (Å²) >= 11 is 0. The minimum atomic E-state index is -0.974. The Morgan fingerprint density at radius 2 is 1.83 bits per heavy atom. The van der Waals surface area contributed by atoms with Crippen molar-refractivity contribution in [1.29, 1.82) is 0 Å². The molecule has 42 heavy (non-hydrogen) atoms. The number of aryl methyl sites for hydroxylation is 1. The normalized spacial score (nSPS) is 24.1. The van der Waals surface area contributed by atoms with Gasteiger partial charge in [0.25, 0.3) is 5.91 Å². The van der Waals surface area contributed by atoms with Gasteiger partial charge in [-0.3, -0.25) is 24.0 Å². The van der Waals surface area contributed by atoms with E-state index in [1.807, 2.05) is 20.9 Å². The van der Waals surface area contributed by atoms with Crippen LogP contribution >= 0.6 is 0 Å². The first-order valence-electron chi connectivity index (χ1n) is 14.2. The fourth-order valence-corrected chi connectivity index (χ4v) is 5.05. The Hall–Kier alpha value is -4.42. The number of imidazole rings is 1. The van der Waals surface area contributed by atoms with E-state index >= 15 is 0 Å². The third kappa shape index (κ3) is 7.45. The number of nitrogens with one attached hydrogen (secondary N) is 4. The lowest BCUT2D eigenvalue weighted by Gasteiger charge is -2.31. The standard InChI is InChI=1S/C29H39N7O6/c1-17(2)25-29(41)36-12-5-6-22(36)28(40)32-18(3)26(38)33-21(27(39)31-15-23-30-11-13-35(23)4)14-19-7-9-20(10-8-19)42-16-24(37)34-25/h7-11,13,17-18,21-22,25H,5-6,12,14-16H2,1-4H3,(H,31,39)(H,32,40)(H,33,38)(H,34,37)/t18-,21+,22-,25+/m0/s1. The van der Waals surface area contributed by atoms with E-state index < -0.39 is 47.8 Å². The van der Waals surface area contributed by atoms with Gasteiger partial charge in [-0.15, -0.1) is 0 Å². The van der Waals surface area contributed by atoms with Crippen molar-refractivity contribution >= 4 is 29.5 Å². The van der Waals surface area contributed by atoms with Gasteiger partial charge >= 0.3 is 0 Å². The van der Waals surface area contributed by atoms with Gasteiger partial charge in [0.15, 0.2) is 6.61 Å². The largest absolute Gasteiger partial charge is 0.484 e. The third-order valence-corrected chi connectivity index (χ3v) is 7.55. The van der Waals surface area contributed by atoms with Crippen molar-refractivity contribution in [2.75, 3.05) is 13.2 Å². The van der Waals surface area contributed by atoms with Crippen molar-refractivity contribution in [2.45, 2.75) is 70.7 Å². The molecule has 5 amide bonds. The average molecular weight is 582 g/mol. The SMILES string of the molecule is CC(C)[C@H]1NC(=O)COc2ccc(cc2)C[C@H](C(=O)NCc2nccn2C)NC(=O)[C@H](C)NC(=O)[C@@H]2CCCN2C1=O. The van der Waals surface area contributed by atoms with Crippen LogP contribution in [0.3, 0.4) is 0 Å². The highest BCUT2D eigenvalue weighted by molar-refractivity contribution is 5.96. The van der Waals surface area contributed by atoms with Gasteiger partial charge in [0, 0.05) is 32.4 Å². The smallest absolute Gasteiger partial charge is 0.258 e. The number of carbonyl (C=O) groups excluding carboxylic acids is 5. The summed E-state index contributed by atoms with van der Waals surface area (Å²) in [6.07, 6.45) is 4.60. The van der Waals surface area contributed by atoms with E-state index in [0.717, 1.165) is 5.56 Å². The Balaban J connectivity index is 1.57. The van der Waals surface area contributed by atoms with Crippen molar-refractivity contribution in [2.24, 2.45) is 13.0 Å². The summed E-state index contributed by atoms with van der Waals surface area (Å²) in [6.45, 7) is 5.39. The number of rotatable bonds is 4. The maximum absolute atomic E-state index is 13.5. The van der Waals surface area contributed by atoms with Crippen LogP contribution in [0.25, 0.3) is 0 Å². The highest BCUT2D eigenvalue weighted by Crippen LogP contribution is 2.21. The molecular weight excluding hydrogens is 542 g/mol. The number of aromatic nitrogens is 2. The summed E-state index contributed by atoms with van der Waals surface area (Å²) in [5, 5.41) is 11.1. The van der Waals surface area contributed by atoms with Gasteiger partial charge in [0.2, 0.25) is 23.6 Å². The Kier molecular flexibility index (Phi) is 9.81. The number of nitrogens with zero attached hydrogens (tertiary/aromatic N) is 3. The molecule has 0 aliphatic carbocycles. The summed E-state index contributed by atoms with van der Waals surface area (Å²) in [5.41, 5.74) is 0.742. The number of fused-ring (bicyclic) bond motifs is 13. The molecule has 13 heteroatoms. The van der Waals surface area contributed by atoms with Crippen LogP contribution < -0.4 is 26.0 Å². The first-order valence-corrected chi connectivity index (χ1v) is 14.2. The van der Waals surface area contributed by atoms with Gasteiger partial charge in [0.05, 0.1) is 6.54 Å². The Labute approximate surface area is 244 Å². The molecule has 3 aliphatic heterocycles. The molecule has 3 aliphatic rings. The van der Waals surface area contributed by atoms with Gasteiger partial charge in [-0.05, 0) is 43.4 Å². The molecule has 1 saturated heterocycles. The Bertz CT molecular complexity index is 1310. The van der Waals surface area contributed by atoms with Crippen molar-refractivity contribution in [3.63, 3.8) is 0 Å². The number of amides is 5. The van der Waals surface area contributed by atoms with E-state index in [1.165, 1.54) is 11.8 Å². The molecule has 4 N–H and O–H groups in total. The molecular formula is C29H39N7O6. The lowest BCUT2D eigenvalue weighted by atomic mass is 10.0. The van der Waals surface area contributed by atoms with Crippen LogP contribution in [0, 0.1) is 5.92 Å². The molecule has 4 atom stereocenters. The number of hydrogen-bond donors (Lipinski definition) is 4. The van der Waals surface area contributed by atoms with Crippen molar-refractivity contribution < 1.29 is 28.7 Å². The maximum Gasteiger partial charge on any atom is 0.258 e. The van der Waals surface area contributed by atoms with E-state index in [9.17, 15) is 24.0 Å².